The van der Waals surface area contributed by atoms with Crippen molar-refractivity contribution in [3.8, 4) is 0 Å². The molecule has 13 nitrogen and oxygen atoms in total. The molecule has 0 aromatic rings. The number of rotatable bonds is 6. The van der Waals surface area contributed by atoms with Gasteiger partial charge in [-0.2, -0.15) is 7.82 Å². The first-order valence-corrected chi connectivity index (χ1v) is 7.31. The monoisotopic (exact) mass is 440 g/mol. The second kappa shape index (κ2) is 35.2. The molecule has 0 aromatic heterocycles. The molecule has 9 N–H and O–H groups in total. The Labute approximate surface area is 217 Å². The van der Waals surface area contributed by atoms with Crippen molar-refractivity contribution in [2.75, 3.05) is 39.6 Å². The molecule has 0 aromatic carbocycles. The molecule has 0 heterocycles. The minimum absolute atomic E-state index is 0. The van der Waals surface area contributed by atoms with Gasteiger partial charge in [-0.1, -0.05) is 0 Å². The fourth-order valence-corrected chi connectivity index (χ4v) is 0.173. The third-order valence-electron chi connectivity index (χ3n) is 1.26. The Bertz CT molecular complexity index is 217. The topological polar surface area (TPSA) is 268 Å². The molecule has 0 aliphatic heterocycles. The maximum absolute atomic E-state index is 8.55. The van der Waals surface area contributed by atoms with Gasteiger partial charge in [-0.3, -0.25) is 0 Å². The van der Waals surface area contributed by atoms with Gasteiger partial charge in [0.05, 0.1) is 39.6 Å². The van der Waals surface area contributed by atoms with Crippen LogP contribution in [-0.4, -0.2) is 104 Å². The molecule has 0 radical (unpaired) electrons. The summed E-state index contributed by atoms with van der Waals surface area (Å²) in [6.07, 6.45) is -2.86. The quantitative estimate of drug-likeness (QED) is 0.137. The summed E-state index contributed by atoms with van der Waals surface area (Å²) in [4.78, 5) is 25.6. The Morgan fingerprint density at radius 2 is 0.615 bits per heavy atom. The predicted octanol–water partition coefficient (Wildman–Crippen LogP) is -16.8. The smallest absolute Gasteiger partial charge is 0.822 e. The van der Waals surface area contributed by atoms with Crippen LogP contribution in [0.1, 0.15) is 0 Å². The molecule has 146 valence electrons. The number of phosphoric acid groups is 1. The third-order valence-corrected chi connectivity index (χ3v) is 1.26. The van der Waals surface area contributed by atoms with E-state index in [4.69, 9.17) is 65.2 Å². The maximum atomic E-state index is 8.55. The standard InChI is InChI=1S/3C3H8O3.3Na.H3O4P/c3*4-1-3(6)2-5;;;;1-5(2,3)4/h3*3-6H,1-2H2;;;;(H3,1,2,3,4)/q;;;3*+1;/p-3. The summed E-state index contributed by atoms with van der Waals surface area (Å²) < 4.78 is 8.55. The van der Waals surface area contributed by atoms with Gasteiger partial charge < -0.3 is 65.2 Å². The molecule has 0 atom stereocenters. The molecule has 0 bridgehead atoms. The van der Waals surface area contributed by atoms with Gasteiger partial charge in [-0.25, -0.2) is 0 Å². The van der Waals surface area contributed by atoms with Crippen LogP contribution in [0, 0.1) is 0 Å². The van der Waals surface area contributed by atoms with Crippen molar-refractivity contribution < 1.29 is 154 Å². The number of hydrogen-bond donors (Lipinski definition) is 9. The van der Waals surface area contributed by atoms with Crippen molar-refractivity contribution in [1.82, 2.24) is 0 Å². The van der Waals surface area contributed by atoms with E-state index in [1.54, 1.807) is 0 Å². The van der Waals surface area contributed by atoms with Crippen LogP contribution in [0.4, 0.5) is 0 Å². The summed E-state index contributed by atoms with van der Waals surface area (Å²) in [7, 11) is -5.39. The van der Waals surface area contributed by atoms with E-state index in [1.165, 1.54) is 0 Å². The Kier molecular flexibility index (Phi) is 63.4. The second-order valence-electron chi connectivity index (χ2n) is 3.50. The van der Waals surface area contributed by atoms with E-state index in [0.717, 1.165) is 0 Å². The zero-order valence-electron chi connectivity index (χ0n) is 15.1. The van der Waals surface area contributed by atoms with Crippen LogP contribution in [0.15, 0.2) is 0 Å². The van der Waals surface area contributed by atoms with E-state index < -0.39 is 26.1 Å². The van der Waals surface area contributed by atoms with Crippen molar-refractivity contribution in [3.05, 3.63) is 0 Å². The van der Waals surface area contributed by atoms with Crippen molar-refractivity contribution in [3.63, 3.8) is 0 Å². The summed E-state index contributed by atoms with van der Waals surface area (Å²) in [5.41, 5.74) is 0. The van der Waals surface area contributed by atoms with Gasteiger partial charge in [0, 0.05) is 0 Å². The molecule has 0 rings (SSSR count). The predicted molar refractivity (Wildman–Crippen MR) is 68.1 cm³/mol. The van der Waals surface area contributed by atoms with E-state index in [9.17, 15) is 0 Å². The molecule has 0 fully saturated rings. The van der Waals surface area contributed by atoms with Crippen LogP contribution >= 0.6 is 7.82 Å². The Morgan fingerprint density at radius 3 is 0.615 bits per heavy atom. The summed E-state index contributed by atoms with van der Waals surface area (Å²) in [6, 6.07) is 0. The number of aliphatic hydroxyl groups excluding tert-OH is 9. The zero-order chi connectivity index (χ0) is 19.5. The van der Waals surface area contributed by atoms with Crippen LogP contribution < -0.4 is 103 Å². The largest absolute Gasteiger partial charge is 1.00 e. The third kappa shape index (κ3) is 81.5. The van der Waals surface area contributed by atoms with Crippen LogP contribution in [0.25, 0.3) is 0 Å². The van der Waals surface area contributed by atoms with Crippen LogP contribution in [0.5, 0.6) is 0 Å². The SMILES string of the molecule is O=P([O-])([O-])[O-].OCC(O)CO.OCC(O)CO.OCC(O)CO.[Na+].[Na+].[Na+]. The molecular weight excluding hydrogens is 416 g/mol. The van der Waals surface area contributed by atoms with Gasteiger partial charge in [-0.05, 0) is 0 Å². The van der Waals surface area contributed by atoms with Crippen molar-refractivity contribution in [2.24, 2.45) is 0 Å². The number of aliphatic hydroxyl groups is 9. The maximum Gasteiger partial charge on any atom is 1.00 e. The number of hydrogen-bond acceptors (Lipinski definition) is 13. The summed E-state index contributed by atoms with van der Waals surface area (Å²) in [6.45, 7) is -2.19. The first kappa shape index (κ1) is 46.8. The van der Waals surface area contributed by atoms with Crippen molar-refractivity contribution in [1.29, 1.82) is 0 Å². The average Bonchev–Trinajstić information content (AvgIpc) is 2.51. The zero-order valence-corrected chi connectivity index (χ0v) is 22.0. The van der Waals surface area contributed by atoms with Crippen molar-refractivity contribution >= 4 is 7.82 Å². The van der Waals surface area contributed by atoms with E-state index in [0.29, 0.717) is 0 Å². The normalized spacial score (nSPS) is 9.19. The minimum Gasteiger partial charge on any atom is -0.822 e. The van der Waals surface area contributed by atoms with Gasteiger partial charge in [-0.15, -0.1) is 0 Å². The van der Waals surface area contributed by atoms with Gasteiger partial charge in [0.2, 0.25) is 0 Å². The first-order chi connectivity index (χ1) is 10.4. The molecule has 17 heteroatoms. The fourth-order valence-electron chi connectivity index (χ4n) is 0.173. The van der Waals surface area contributed by atoms with Crippen LogP contribution in [-0.2, 0) is 4.57 Å². The van der Waals surface area contributed by atoms with E-state index in [1.807, 2.05) is 0 Å². The first-order valence-electron chi connectivity index (χ1n) is 5.85. The molecular formula is C9H24Na3O13P. The van der Waals surface area contributed by atoms with Crippen LogP contribution in [0.2, 0.25) is 0 Å². The van der Waals surface area contributed by atoms with Crippen LogP contribution in [0.3, 0.4) is 0 Å². The van der Waals surface area contributed by atoms with Gasteiger partial charge >= 0.3 is 88.7 Å². The van der Waals surface area contributed by atoms with Gasteiger partial charge in [0.15, 0.2) is 0 Å². The fraction of sp³-hybridized carbons (Fsp3) is 1.00. The molecule has 0 spiro atoms. The van der Waals surface area contributed by atoms with E-state index >= 15 is 0 Å². The summed E-state index contributed by atoms with van der Waals surface area (Å²) in [5.74, 6) is 0. The van der Waals surface area contributed by atoms with Crippen molar-refractivity contribution in [2.45, 2.75) is 18.3 Å². The Hall–Kier alpha value is 2.75. The molecule has 0 unspecified atom stereocenters. The molecule has 0 saturated carbocycles. The van der Waals surface area contributed by atoms with Gasteiger partial charge in [0.1, 0.15) is 18.3 Å². The second-order valence-corrected chi connectivity index (χ2v) is 4.40. The molecule has 26 heavy (non-hydrogen) atoms. The minimum atomic E-state index is -5.39. The molecule has 0 aliphatic rings. The average molecular weight is 440 g/mol. The van der Waals surface area contributed by atoms with Gasteiger partial charge in [0.25, 0.3) is 0 Å². The Morgan fingerprint density at radius 1 is 0.538 bits per heavy atom. The molecule has 0 aliphatic carbocycles. The van der Waals surface area contributed by atoms with E-state index in [-0.39, 0.29) is 128 Å². The Balaban J connectivity index is -0.0000000357. The van der Waals surface area contributed by atoms with E-state index in [2.05, 4.69) is 0 Å². The summed E-state index contributed by atoms with van der Waals surface area (Å²) >= 11 is 0. The molecule has 0 saturated heterocycles. The summed E-state index contributed by atoms with van der Waals surface area (Å²) in [5, 5.41) is 72.0. The molecule has 0 amide bonds.